The van der Waals surface area contributed by atoms with E-state index in [2.05, 4.69) is 10.5 Å². The Kier molecular flexibility index (Phi) is 6.23. The summed E-state index contributed by atoms with van der Waals surface area (Å²) in [6, 6.07) is 8.14. The van der Waals surface area contributed by atoms with Crippen molar-refractivity contribution in [1.82, 2.24) is 5.43 Å². The molecule has 0 heterocycles. The van der Waals surface area contributed by atoms with Gasteiger partial charge in [0.1, 0.15) is 4.90 Å². The maximum Gasteiger partial charge on any atom is 0.416 e. The van der Waals surface area contributed by atoms with Crippen LogP contribution in [0.2, 0.25) is 0 Å². The summed E-state index contributed by atoms with van der Waals surface area (Å²) in [5, 5.41) is 4.03. The minimum atomic E-state index is -4.80. The summed E-state index contributed by atoms with van der Waals surface area (Å²) in [5.74, 6) is 1.93. The van der Waals surface area contributed by atoms with E-state index in [0.29, 0.717) is 36.3 Å². The SMILES string of the molecule is O=C(CC12CC3CC(CC(C3)C1)C2)NN=Cc1ccccc1-c1cc(C(F)(F)F)ccc1S(=O)(=O)O. The normalized spacial score (nSPS) is 27.5. The van der Waals surface area contributed by atoms with Crippen molar-refractivity contribution < 1.29 is 30.9 Å². The molecule has 0 atom stereocenters. The Balaban J connectivity index is 1.37. The number of nitrogens with zero attached hydrogens (tertiary/aromatic N) is 1. The van der Waals surface area contributed by atoms with Crippen LogP contribution < -0.4 is 5.43 Å². The molecule has 0 aromatic heterocycles. The largest absolute Gasteiger partial charge is 0.416 e. The summed E-state index contributed by atoms with van der Waals surface area (Å²) in [5.41, 5.74) is 1.63. The van der Waals surface area contributed by atoms with Gasteiger partial charge in [-0.05, 0) is 85.5 Å². The number of hydrogen-bond donors (Lipinski definition) is 2. The number of hydrogen-bond acceptors (Lipinski definition) is 4. The Morgan fingerprint density at radius 3 is 2.22 bits per heavy atom. The molecule has 4 aliphatic rings. The maximum absolute atomic E-state index is 13.3. The van der Waals surface area contributed by atoms with Crippen molar-refractivity contribution in [3.8, 4) is 11.1 Å². The van der Waals surface area contributed by atoms with Crippen LogP contribution >= 0.6 is 0 Å². The summed E-state index contributed by atoms with van der Waals surface area (Å²) < 4.78 is 73.4. The number of alkyl halides is 3. The Bertz CT molecular complexity index is 1290. The lowest BCUT2D eigenvalue weighted by molar-refractivity contribution is -0.137. The van der Waals surface area contributed by atoms with E-state index in [1.807, 2.05) is 0 Å². The lowest BCUT2D eigenvalue weighted by atomic mass is 9.49. The van der Waals surface area contributed by atoms with E-state index >= 15 is 0 Å². The predicted molar refractivity (Wildman–Crippen MR) is 128 cm³/mol. The van der Waals surface area contributed by atoms with Gasteiger partial charge in [-0.2, -0.15) is 26.7 Å². The summed E-state index contributed by atoms with van der Waals surface area (Å²) in [7, 11) is -4.80. The molecule has 4 aliphatic carbocycles. The lowest BCUT2D eigenvalue weighted by Crippen LogP contribution is -2.47. The second kappa shape index (κ2) is 8.99. The van der Waals surface area contributed by atoms with Crippen LogP contribution in [-0.2, 0) is 21.1 Å². The van der Waals surface area contributed by atoms with Crippen LogP contribution in [0.5, 0.6) is 0 Å². The maximum atomic E-state index is 13.3. The number of carbonyl (C=O) groups is 1. The monoisotopic (exact) mass is 520 g/mol. The van der Waals surface area contributed by atoms with Gasteiger partial charge in [0, 0.05) is 17.5 Å². The van der Waals surface area contributed by atoms with Crippen LogP contribution in [0.3, 0.4) is 0 Å². The molecule has 10 heteroatoms. The third-order valence-electron chi connectivity index (χ3n) is 7.93. The number of amides is 1. The first-order valence-electron chi connectivity index (χ1n) is 12.0. The molecular weight excluding hydrogens is 493 g/mol. The average Bonchev–Trinajstić information content (AvgIpc) is 2.76. The molecule has 192 valence electrons. The average molecular weight is 521 g/mol. The Hall–Kier alpha value is -2.72. The zero-order valence-corrected chi connectivity index (χ0v) is 20.3. The first-order chi connectivity index (χ1) is 16.9. The minimum Gasteiger partial charge on any atom is -0.282 e. The van der Waals surface area contributed by atoms with Gasteiger partial charge in [-0.1, -0.05) is 24.3 Å². The molecule has 2 aromatic rings. The van der Waals surface area contributed by atoms with Crippen LogP contribution in [0.15, 0.2) is 52.5 Å². The molecule has 2 N–H and O–H groups in total. The molecule has 0 unspecified atom stereocenters. The molecule has 0 aliphatic heterocycles. The number of carbonyl (C=O) groups excluding carboxylic acids is 1. The number of nitrogens with one attached hydrogen (secondary N) is 1. The van der Waals surface area contributed by atoms with Crippen molar-refractivity contribution >= 4 is 22.2 Å². The van der Waals surface area contributed by atoms with Crippen molar-refractivity contribution in [3.05, 3.63) is 53.6 Å². The number of rotatable bonds is 6. The van der Waals surface area contributed by atoms with Crippen molar-refractivity contribution in [2.24, 2.45) is 28.3 Å². The van der Waals surface area contributed by atoms with Crippen LogP contribution in [0.25, 0.3) is 11.1 Å². The fourth-order valence-electron chi connectivity index (χ4n) is 7.06. The summed E-state index contributed by atoms with van der Waals surface area (Å²) >= 11 is 0. The molecule has 0 saturated heterocycles. The van der Waals surface area contributed by atoms with E-state index in [-0.39, 0.29) is 28.0 Å². The van der Waals surface area contributed by atoms with Crippen molar-refractivity contribution in [2.75, 3.05) is 0 Å². The smallest absolute Gasteiger partial charge is 0.282 e. The zero-order chi connectivity index (χ0) is 25.7. The summed E-state index contributed by atoms with van der Waals surface area (Å²) in [6.45, 7) is 0. The molecule has 4 bridgehead atoms. The van der Waals surface area contributed by atoms with Crippen molar-refractivity contribution in [1.29, 1.82) is 0 Å². The van der Waals surface area contributed by atoms with Crippen LogP contribution in [-0.4, -0.2) is 25.1 Å². The van der Waals surface area contributed by atoms with Crippen molar-refractivity contribution in [2.45, 2.75) is 56.0 Å². The summed E-state index contributed by atoms with van der Waals surface area (Å²) in [4.78, 5) is 12.1. The topological polar surface area (TPSA) is 95.8 Å². The van der Waals surface area contributed by atoms with Crippen LogP contribution in [0.1, 0.15) is 56.1 Å². The Morgan fingerprint density at radius 1 is 1.03 bits per heavy atom. The van der Waals surface area contributed by atoms with Gasteiger partial charge in [0.25, 0.3) is 10.1 Å². The molecule has 6 rings (SSSR count). The summed E-state index contributed by atoms with van der Waals surface area (Å²) in [6.07, 6.45) is 4.02. The molecular formula is C26H27F3N2O4S. The highest BCUT2D eigenvalue weighted by Gasteiger charge is 2.51. The molecule has 4 saturated carbocycles. The third-order valence-corrected chi connectivity index (χ3v) is 8.84. The number of hydrazone groups is 1. The Morgan fingerprint density at radius 2 is 1.64 bits per heavy atom. The first kappa shape index (κ1) is 25.0. The van der Waals surface area contributed by atoms with E-state index in [1.165, 1.54) is 43.7 Å². The minimum absolute atomic E-state index is 0.0364. The van der Waals surface area contributed by atoms with Gasteiger partial charge in [-0.3, -0.25) is 9.35 Å². The molecule has 4 fully saturated rings. The molecule has 0 radical (unpaired) electrons. The molecule has 6 nitrogen and oxygen atoms in total. The van der Waals surface area contributed by atoms with Gasteiger partial charge in [0.05, 0.1) is 11.8 Å². The lowest BCUT2D eigenvalue weighted by Gasteiger charge is -2.56. The third kappa shape index (κ3) is 5.06. The molecule has 0 spiro atoms. The molecule has 36 heavy (non-hydrogen) atoms. The predicted octanol–water partition coefficient (Wildman–Crippen LogP) is 5.68. The highest BCUT2D eigenvalue weighted by molar-refractivity contribution is 7.86. The highest BCUT2D eigenvalue weighted by atomic mass is 32.2. The standard InChI is InChI=1S/C26H27F3N2O4S/c27-26(28,29)20-5-6-23(36(33,34)35)22(10-20)21-4-2-1-3-19(21)15-30-31-24(32)14-25-11-16-7-17(12-25)9-18(8-16)13-25/h1-6,10,15-18H,7-9,11-14H2,(H,31,32)(H,33,34,35). The number of benzene rings is 2. The van der Waals surface area contributed by atoms with Gasteiger partial charge in [-0.25, -0.2) is 5.43 Å². The van der Waals surface area contributed by atoms with E-state index in [9.17, 15) is 30.9 Å². The van der Waals surface area contributed by atoms with E-state index in [4.69, 9.17) is 0 Å². The second-order valence-corrected chi connectivity index (χ2v) is 12.0. The van der Waals surface area contributed by atoms with E-state index < -0.39 is 26.8 Å². The zero-order valence-electron chi connectivity index (χ0n) is 19.5. The van der Waals surface area contributed by atoms with Crippen LogP contribution in [0.4, 0.5) is 13.2 Å². The fraction of sp³-hybridized carbons (Fsp3) is 0.462. The fourth-order valence-corrected chi connectivity index (χ4v) is 7.74. The van der Waals surface area contributed by atoms with Gasteiger partial charge >= 0.3 is 6.18 Å². The van der Waals surface area contributed by atoms with Gasteiger partial charge in [0.15, 0.2) is 0 Å². The quantitative estimate of drug-likeness (QED) is 0.291. The van der Waals surface area contributed by atoms with Gasteiger partial charge in [0.2, 0.25) is 5.91 Å². The highest BCUT2D eigenvalue weighted by Crippen LogP contribution is 2.61. The first-order valence-corrected chi connectivity index (χ1v) is 13.5. The van der Waals surface area contributed by atoms with E-state index in [1.54, 1.807) is 6.07 Å². The Labute approximate surface area is 207 Å². The van der Waals surface area contributed by atoms with Gasteiger partial charge < -0.3 is 0 Å². The van der Waals surface area contributed by atoms with E-state index in [0.717, 1.165) is 25.3 Å². The second-order valence-electron chi connectivity index (χ2n) is 10.7. The molecule has 2 aromatic carbocycles. The van der Waals surface area contributed by atoms with Gasteiger partial charge in [-0.15, -0.1) is 0 Å². The number of halogens is 3. The van der Waals surface area contributed by atoms with Crippen LogP contribution in [0, 0.1) is 23.2 Å². The van der Waals surface area contributed by atoms with Crippen molar-refractivity contribution in [3.63, 3.8) is 0 Å². The molecule has 1 amide bonds.